The lowest BCUT2D eigenvalue weighted by Gasteiger charge is -2.30. The SMILES string of the molecule is COC1CCN(CC(=O)Nc2ncc3ccc(-c4cnn(C)c4)cc3c2C)CC1. The number of benzene rings is 1. The van der Waals surface area contributed by atoms with E-state index in [1.807, 2.05) is 32.6 Å². The van der Waals surface area contributed by atoms with Gasteiger partial charge in [0.1, 0.15) is 5.82 Å². The van der Waals surface area contributed by atoms with Gasteiger partial charge in [-0.1, -0.05) is 12.1 Å². The van der Waals surface area contributed by atoms with Crippen LogP contribution >= 0.6 is 0 Å². The van der Waals surface area contributed by atoms with Crippen LogP contribution in [0.15, 0.2) is 36.8 Å². The number of nitrogens with zero attached hydrogens (tertiary/aromatic N) is 4. The summed E-state index contributed by atoms with van der Waals surface area (Å²) < 4.78 is 7.19. The monoisotopic (exact) mass is 393 g/mol. The van der Waals surface area contributed by atoms with E-state index >= 15 is 0 Å². The van der Waals surface area contributed by atoms with Gasteiger partial charge in [0.25, 0.3) is 0 Å². The lowest BCUT2D eigenvalue weighted by molar-refractivity contribution is -0.118. The first-order chi connectivity index (χ1) is 14.0. The van der Waals surface area contributed by atoms with Gasteiger partial charge >= 0.3 is 0 Å². The van der Waals surface area contributed by atoms with Crippen LogP contribution in [0.4, 0.5) is 5.82 Å². The normalized spacial score (nSPS) is 15.7. The molecule has 7 heteroatoms. The number of aromatic nitrogens is 3. The van der Waals surface area contributed by atoms with Crippen molar-refractivity contribution in [3.8, 4) is 11.1 Å². The van der Waals surface area contributed by atoms with E-state index in [-0.39, 0.29) is 5.91 Å². The molecule has 1 aliphatic rings. The third kappa shape index (κ3) is 4.31. The predicted octanol–water partition coefficient (Wildman–Crippen LogP) is 2.99. The Kier molecular flexibility index (Phi) is 5.60. The molecule has 0 bridgehead atoms. The van der Waals surface area contributed by atoms with Gasteiger partial charge < -0.3 is 10.1 Å². The van der Waals surface area contributed by atoms with Gasteiger partial charge in [0, 0.05) is 50.6 Å². The van der Waals surface area contributed by atoms with Crippen molar-refractivity contribution in [2.24, 2.45) is 7.05 Å². The van der Waals surface area contributed by atoms with Gasteiger partial charge in [0.05, 0.1) is 18.8 Å². The molecular formula is C22H27N5O2. The Labute approximate surface area is 170 Å². The van der Waals surface area contributed by atoms with Gasteiger partial charge in [-0.05, 0) is 42.3 Å². The second-order valence-electron chi connectivity index (χ2n) is 7.70. The van der Waals surface area contributed by atoms with Crippen LogP contribution in [-0.2, 0) is 16.6 Å². The van der Waals surface area contributed by atoms with Crippen molar-refractivity contribution < 1.29 is 9.53 Å². The minimum absolute atomic E-state index is 0.0285. The van der Waals surface area contributed by atoms with Crippen molar-refractivity contribution in [1.82, 2.24) is 19.7 Å². The van der Waals surface area contributed by atoms with Crippen LogP contribution in [0.3, 0.4) is 0 Å². The molecule has 1 saturated heterocycles. The average molecular weight is 393 g/mol. The fraction of sp³-hybridized carbons (Fsp3) is 0.409. The van der Waals surface area contributed by atoms with Crippen LogP contribution in [0.25, 0.3) is 21.9 Å². The lowest BCUT2D eigenvalue weighted by atomic mass is 10.0. The second-order valence-corrected chi connectivity index (χ2v) is 7.70. The van der Waals surface area contributed by atoms with Gasteiger partial charge in [-0.2, -0.15) is 5.10 Å². The third-order valence-electron chi connectivity index (χ3n) is 5.68. The molecule has 29 heavy (non-hydrogen) atoms. The second kappa shape index (κ2) is 8.31. The number of nitrogens with one attached hydrogen (secondary N) is 1. The molecule has 3 heterocycles. The van der Waals surface area contributed by atoms with E-state index in [1.165, 1.54) is 0 Å². The molecule has 0 spiro atoms. The van der Waals surface area contributed by atoms with Gasteiger partial charge in [-0.25, -0.2) is 4.98 Å². The van der Waals surface area contributed by atoms with Crippen molar-refractivity contribution >= 4 is 22.5 Å². The molecule has 0 unspecified atom stereocenters. The zero-order chi connectivity index (χ0) is 20.4. The van der Waals surface area contributed by atoms with Crippen molar-refractivity contribution in [1.29, 1.82) is 0 Å². The summed E-state index contributed by atoms with van der Waals surface area (Å²) >= 11 is 0. The number of methoxy groups -OCH3 is 1. The van der Waals surface area contributed by atoms with Crippen LogP contribution in [0.2, 0.25) is 0 Å². The van der Waals surface area contributed by atoms with Crippen molar-refractivity contribution in [2.45, 2.75) is 25.9 Å². The van der Waals surface area contributed by atoms with Crippen LogP contribution in [0.1, 0.15) is 18.4 Å². The molecule has 152 valence electrons. The Morgan fingerprint density at radius 3 is 2.72 bits per heavy atom. The highest BCUT2D eigenvalue weighted by Gasteiger charge is 2.21. The molecule has 1 amide bonds. The fourth-order valence-electron chi connectivity index (χ4n) is 3.91. The average Bonchev–Trinajstić information content (AvgIpc) is 3.17. The van der Waals surface area contributed by atoms with E-state index in [4.69, 9.17) is 4.74 Å². The van der Waals surface area contributed by atoms with E-state index in [0.717, 1.165) is 53.4 Å². The first-order valence-electron chi connectivity index (χ1n) is 9.97. The van der Waals surface area contributed by atoms with E-state index in [0.29, 0.717) is 18.5 Å². The summed E-state index contributed by atoms with van der Waals surface area (Å²) in [5.74, 6) is 0.594. The standard InChI is InChI=1S/C22H27N5O2/c1-15-20-10-16(18-12-24-26(2)13-18)4-5-17(20)11-23-22(15)25-21(28)14-27-8-6-19(29-3)7-9-27/h4-5,10-13,19H,6-9,14H2,1-3H3,(H,23,25,28). The Morgan fingerprint density at radius 2 is 2.03 bits per heavy atom. The van der Waals surface area contributed by atoms with E-state index in [2.05, 4.69) is 38.5 Å². The Bertz CT molecular complexity index is 1020. The number of hydrogen-bond donors (Lipinski definition) is 1. The van der Waals surface area contributed by atoms with Crippen LogP contribution in [0, 0.1) is 6.92 Å². The fourth-order valence-corrected chi connectivity index (χ4v) is 3.91. The number of piperidine rings is 1. The Morgan fingerprint density at radius 1 is 1.24 bits per heavy atom. The van der Waals surface area contributed by atoms with Crippen LogP contribution in [0.5, 0.6) is 0 Å². The highest BCUT2D eigenvalue weighted by molar-refractivity contribution is 5.97. The number of anilines is 1. The third-order valence-corrected chi connectivity index (χ3v) is 5.68. The topological polar surface area (TPSA) is 72.3 Å². The van der Waals surface area contributed by atoms with E-state index < -0.39 is 0 Å². The molecule has 2 aromatic heterocycles. The molecule has 0 saturated carbocycles. The molecule has 0 radical (unpaired) electrons. The summed E-state index contributed by atoms with van der Waals surface area (Å²) in [7, 11) is 3.66. The van der Waals surface area contributed by atoms with E-state index in [9.17, 15) is 4.79 Å². The molecule has 1 aliphatic heterocycles. The number of carbonyl (C=O) groups excluding carboxylic acids is 1. The summed E-state index contributed by atoms with van der Waals surface area (Å²) in [6.07, 6.45) is 7.91. The highest BCUT2D eigenvalue weighted by Crippen LogP contribution is 2.28. The van der Waals surface area contributed by atoms with Crippen molar-refractivity contribution in [2.75, 3.05) is 32.1 Å². The lowest BCUT2D eigenvalue weighted by Crippen LogP contribution is -2.41. The number of carbonyl (C=O) groups is 1. The zero-order valence-corrected chi connectivity index (χ0v) is 17.2. The molecule has 1 fully saturated rings. The number of amides is 1. The summed E-state index contributed by atoms with van der Waals surface area (Å²) in [5.41, 5.74) is 3.13. The largest absolute Gasteiger partial charge is 0.381 e. The summed E-state index contributed by atoms with van der Waals surface area (Å²) in [6.45, 7) is 4.14. The zero-order valence-electron chi connectivity index (χ0n) is 17.2. The minimum atomic E-state index is -0.0285. The van der Waals surface area contributed by atoms with Crippen molar-refractivity contribution in [3.05, 3.63) is 42.4 Å². The first-order valence-corrected chi connectivity index (χ1v) is 9.97. The maximum Gasteiger partial charge on any atom is 0.239 e. The molecule has 4 rings (SSSR count). The quantitative estimate of drug-likeness (QED) is 0.721. The van der Waals surface area contributed by atoms with Crippen LogP contribution < -0.4 is 5.32 Å². The Hall–Kier alpha value is -2.77. The molecular weight excluding hydrogens is 366 g/mol. The van der Waals surface area contributed by atoms with E-state index in [1.54, 1.807) is 11.8 Å². The van der Waals surface area contributed by atoms with Crippen LogP contribution in [-0.4, -0.2) is 58.4 Å². The molecule has 0 atom stereocenters. The van der Waals surface area contributed by atoms with Gasteiger partial charge in [-0.3, -0.25) is 14.4 Å². The molecule has 0 aliphatic carbocycles. The maximum atomic E-state index is 12.6. The summed E-state index contributed by atoms with van der Waals surface area (Å²) in [4.78, 5) is 19.2. The number of likely N-dealkylation sites (tertiary alicyclic amines) is 1. The van der Waals surface area contributed by atoms with Gasteiger partial charge in [0.15, 0.2) is 0 Å². The first kappa shape index (κ1) is 19.5. The number of rotatable bonds is 5. The van der Waals surface area contributed by atoms with Crippen molar-refractivity contribution in [3.63, 3.8) is 0 Å². The Balaban J connectivity index is 1.50. The van der Waals surface area contributed by atoms with Gasteiger partial charge in [-0.15, -0.1) is 0 Å². The summed E-state index contributed by atoms with van der Waals surface area (Å²) in [6, 6.07) is 6.26. The number of pyridine rings is 1. The number of fused-ring (bicyclic) bond motifs is 1. The highest BCUT2D eigenvalue weighted by atomic mass is 16.5. The van der Waals surface area contributed by atoms with Gasteiger partial charge in [0.2, 0.25) is 5.91 Å². The smallest absolute Gasteiger partial charge is 0.239 e. The number of aryl methyl sites for hydroxylation is 2. The number of ether oxygens (including phenoxy) is 1. The molecule has 1 aromatic carbocycles. The summed E-state index contributed by atoms with van der Waals surface area (Å²) in [5, 5.41) is 9.38. The number of hydrogen-bond acceptors (Lipinski definition) is 5. The predicted molar refractivity (Wildman–Crippen MR) is 114 cm³/mol. The maximum absolute atomic E-state index is 12.6. The molecule has 3 aromatic rings. The minimum Gasteiger partial charge on any atom is -0.381 e. The molecule has 7 nitrogen and oxygen atoms in total. The molecule has 1 N–H and O–H groups in total.